The quantitative estimate of drug-likeness (QED) is 0.859. The Morgan fingerprint density at radius 3 is 2.88 bits per heavy atom. The fourth-order valence-electron chi connectivity index (χ4n) is 4.03. The van der Waals surface area contributed by atoms with Crippen LogP contribution in [-0.2, 0) is 28.2 Å². The van der Waals surface area contributed by atoms with Crippen LogP contribution in [-0.4, -0.2) is 31.0 Å². The molecule has 0 unspecified atom stereocenters. The zero-order chi connectivity index (χ0) is 17.3. The van der Waals surface area contributed by atoms with Crippen molar-refractivity contribution < 1.29 is 14.3 Å². The van der Waals surface area contributed by atoms with E-state index in [0.717, 1.165) is 24.3 Å². The monoisotopic (exact) mass is 337 g/mol. The van der Waals surface area contributed by atoms with Gasteiger partial charge in [0.1, 0.15) is 11.4 Å². The second-order valence-electron chi connectivity index (χ2n) is 6.82. The Kier molecular flexibility index (Phi) is 4.22. The summed E-state index contributed by atoms with van der Waals surface area (Å²) in [6.45, 7) is 2.08. The number of amides is 1. The van der Waals surface area contributed by atoms with E-state index in [0.29, 0.717) is 26.0 Å². The van der Waals surface area contributed by atoms with Gasteiger partial charge in [-0.05, 0) is 35.6 Å². The van der Waals surface area contributed by atoms with Crippen molar-refractivity contribution in [1.82, 2.24) is 4.90 Å². The van der Waals surface area contributed by atoms with E-state index < -0.39 is 0 Å². The van der Waals surface area contributed by atoms with Gasteiger partial charge < -0.3 is 14.4 Å². The van der Waals surface area contributed by atoms with E-state index in [2.05, 4.69) is 18.2 Å². The summed E-state index contributed by atoms with van der Waals surface area (Å²) in [6.07, 6.45) is 2.08. The van der Waals surface area contributed by atoms with Crippen molar-refractivity contribution in [2.24, 2.45) is 0 Å². The number of hydrogen-bond acceptors (Lipinski definition) is 3. The highest BCUT2D eigenvalue weighted by Gasteiger charge is 2.46. The second kappa shape index (κ2) is 6.52. The summed E-state index contributed by atoms with van der Waals surface area (Å²) in [7, 11) is 1.67. The first-order valence-electron chi connectivity index (χ1n) is 8.84. The lowest BCUT2D eigenvalue weighted by molar-refractivity contribution is -0.131. The van der Waals surface area contributed by atoms with Crippen LogP contribution >= 0.6 is 0 Å². The number of benzene rings is 2. The Hall–Kier alpha value is -2.33. The van der Waals surface area contributed by atoms with Gasteiger partial charge in [0.2, 0.25) is 5.91 Å². The Morgan fingerprint density at radius 1 is 1.20 bits per heavy atom. The number of methoxy groups -OCH3 is 1. The maximum absolute atomic E-state index is 12.7. The number of likely N-dealkylation sites (tertiary alicyclic amines) is 1. The first-order valence-corrected chi connectivity index (χ1v) is 8.84. The lowest BCUT2D eigenvalue weighted by Gasteiger charge is -2.25. The van der Waals surface area contributed by atoms with Gasteiger partial charge in [-0.2, -0.15) is 0 Å². The van der Waals surface area contributed by atoms with E-state index in [9.17, 15) is 4.79 Å². The van der Waals surface area contributed by atoms with Crippen molar-refractivity contribution >= 4 is 5.91 Å². The third-order valence-corrected chi connectivity index (χ3v) is 5.40. The average Bonchev–Trinajstić information content (AvgIpc) is 3.26. The third kappa shape index (κ3) is 2.91. The van der Waals surface area contributed by atoms with Crippen LogP contribution in [0.3, 0.4) is 0 Å². The highest BCUT2D eigenvalue weighted by Crippen LogP contribution is 2.43. The largest absolute Gasteiger partial charge is 0.496 e. The van der Waals surface area contributed by atoms with E-state index in [1.807, 2.05) is 35.2 Å². The second-order valence-corrected chi connectivity index (χ2v) is 6.82. The van der Waals surface area contributed by atoms with E-state index in [4.69, 9.17) is 9.47 Å². The molecule has 2 aromatic rings. The predicted octanol–water partition coefficient (Wildman–Crippen LogP) is 3.29. The molecule has 0 aliphatic carbocycles. The minimum absolute atomic E-state index is 0.191. The summed E-state index contributed by atoms with van der Waals surface area (Å²) in [4.78, 5) is 14.7. The molecule has 25 heavy (non-hydrogen) atoms. The molecule has 0 radical (unpaired) electrons. The Morgan fingerprint density at radius 2 is 2.00 bits per heavy atom. The van der Waals surface area contributed by atoms with Crippen molar-refractivity contribution in [1.29, 1.82) is 0 Å². The van der Waals surface area contributed by atoms with Gasteiger partial charge in [0.15, 0.2) is 0 Å². The van der Waals surface area contributed by atoms with Gasteiger partial charge in [-0.3, -0.25) is 4.79 Å². The summed E-state index contributed by atoms with van der Waals surface area (Å²) in [6, 6.07) is 16.3. The number of carbonyl (C=O) groups is 1. The summed E-state index contributed by atoms with van der Waals surface area (Å²) in [5.74, 6) is 1.04. The molecule has 2 aliphatic heterocycles. The first kappa shape index (κ1) is 16.2. The molecule has 2 aliphatic rings. The number of hydrogen-bond donors (Lipinski definition) is 0. The summed E-state index contributed by atoms with van der Waals surface area (Å²) < 4.78 is 11.5. The Labute approximate surface area is 148 Å². The van der Waals surface area contributed by atoms with Gasteiger partial charge in [0.05, 0.1) is 20.3 Å². The molecule has 130 valence electrons. The molecular weight excluding hydrogens is 314 g/mol. The lowest BCUT2D eigenvalue weighted by atomic mass is 9.92. The molecule has 4 rings (SSSR count). The minimum Gasteiger partial charge on any atom is -0.496 e. The molecular formula is C21H23NO3. The number of ether oxygens (including phenoxy) is 2. The van der Waals surface area contributed by atoms with Gasteiger partial charge in [-0.15, -0.1) is 0 Å². The minimum atomic E-state index is -0.295. The number of nitrogens with zero attached hydrogens (tertiary/aromatic N) is 1. The number of carbonyl (C=O) groups excluding carboxylic acids is 1. The van der Waals surface area contributed by atoms with Crippen LogP contribution in [0.25, 0.3) is 0 Å². The van der Waals surface area contributed by atoms with E-state index in [-0.39, 0.29) is 11.5 Å². The standard InChI is InChI=1S/C21H23NO3/c1-24-19-9-5-3-6-16(19)10-11-20(23)22-13-12-21(15-22)18-8-4-2-7-17(18)14-25-21/h2-9H,10-15H2,1H3/t21-/m1/s1. The molecule has 0 aromatic heterocycles. The zero-order valence-corrected chi connectivity index (χ0v) is 14.5. The van der Waals surface area contributed by atoms with Crippen LogP contribution in [0.15, 0.2) is 48.5 Å². The van der Waals surface area contributed by atoms with Crippen molar-refractivity contribution in [2.45, 2.75) is 31.5 Å². The van der Waals surface area contributed by atoms with Gasteiger partial charge in [0.25, 0.3) is 0 Å². The highest BCUT2D eigenvalue weighted by atomic mass is 16.5. The molecule has 4 nitrogen and oxygen atoms in total. The highest BCUT2D eigenvalue weighted by molar-refractivity contribution is 5.77. The number of para-hydroxylation sites is 1. The van der Waals surface area contributed by atoms with Crippen molar-refractivity contribution in [3.05, 3.63) is 65.2 Å². The van der Waals surface area contributed by atoms with Crippen LogP contribution in [0, 0.1) is 0 Å². The van der Waals surface area contributed by atoms with E-state index in [1.165, 1.54) is 11.1 Å². The fourth-order valence-corrected chi connectivity index (χ4v) is 4.03. The summed E-state index contributed by atoms with van der Waals surface area (Å²) in [5.41, 5.74) is 3.30. The fraction of sp³-hybridized carbons (Fsp3) is 0.381. The molecule has 1 saturated heterocycles. The molecule has 1 fully saturated rings. The van der Waals surface area contributed by atoms with Crippen LogP contribution in [0.4, 0.5) is 0 Å². The van der Waals surface area contributed by atoms with Crippen molar-refractivity contribution in [3.8, 4) is 5.75 Å². The topological polar surface area (TPSA) is 38.8 Å². The first-order chi connectivity index (χ1) is 12.2. The molecule has 2 heterocycles. The molecule has 0 bridgehead atoms. The molecule has 1 amide bonds. The normalized spacial score (nSPS) is 21.6. The van der Waals surface area contributed by atoms with E-state index in [1.54, 1.807) is 7.11 Å². The van der Waals surface area contributed by atoms with Gasteiger partial charge in [-0.1, -0.05) is 42.5 Å². The van der Waals surface area contributed by atoms with Gasteiger partial charge in [-0.25, -0.2) is 0 Å². The number of fused-ring (bicyclic) bond motifs is 2. The predicted molar refractivity (Wildman–Crippen MR) is 95.4 cm³/mol. The van der Waals surface area contributed by atoms with Gasteiger partial charge >= 0.3 is 0 Å². The average molecular weight is 337 g/mol. The Balaban J connectivity index is 1.42. The number of rotatable bonds is 4. The molecule has 0 N–H and O–H groups in total. The van der Waals surface area contributed by atoms with Gasteiger partial charge in [0, 0.05) is 13.0 Å². The Bertz CT molecular complexity index is 788. The molecule has 1 atom stereocenters. The van der Waals surface area contributed by atoms with Crippen LogP contribution in [0.1, 0.15) is 29.5 Å². The third-order valence-electron chi connectivity index (χ3n) is 5.40. The number of aryl methyl sites for hydroxylation is 1. The van der Waals surface area contributed by atoms with E-state index >= 15 is 0 Å². The molecule has 2 aromatic carbocycles. The zero-order valence-electron chi connectivity index (χ0n) is 14.5. The molecule has 0 saturated carbocycles. The maximum Gasteiger partial charge on any atom is 0.223 e. The lowest BCUT2D eigenvalue weighted by Crippen LogP contribution is -2.34. The van der Waals surface area contributed by atoms with Crippen LogP contribution in [0.5, 0.6) is 5.75 Å². The molecule has 1 spiro atoms. The van der Waals surface area contributed by atoms with Crippen LogP contribution < -0.4 is 4.74 Å². The van der Waals surface area contributed by atoms with Crippen LogP contribution in [0.2, 0.25) is 0 Å². The molecule has 4 heteroatoms. The van der Waals surface area contributed by atoms with Crippen molar-refractivity contribution in [3.63, 3.8) is 0 Å². The van der Waals surface area contributed by atoms with Crippen molar-refractivity contribution in [2.75, 3.05) is 20.2 Å². The summed E-state index contributed by atoms with van der Waals surface area (Å²) >= 11 is 0. The summed E-state index contributed by atoms with van der Waals surface area (Å²) in [5, 5.41) is 0. The SMILES string of the molecule is COc1ccccc1CCC(=O)N1CC[C@]2(C1)OCc1ccccc12. The smallest absolute Gasteiger partial charge is 0.223 e. The maximum atomic E-state index is 12.7.